The van der Waals surface area contributed by atoms with Gasteiger partial charge in [0.2, 0.25) is 5.91 Å². The quantitative estimate of drug-likeness (QED) is 0.877. The third-order valence-corrected chi connectivity index (χ3v) is 4.55. The molecule has 1 amide bonds. The normalized spacial score (nSPS) is 17.7. The van der Waals surface area contributed by atoms with Crippen LogP contribution in [0.15, 0.2) is 24.3 Å². The zero-order valence-electron chi connectivity index (χ0n) is 11.8. The van der Waals surface area contributed by atoms with Crippen LogP contribution in [-0.2, 0) is 11.2 Å². The van der Waals surface area contributed by atoms with Crippen molar-refractivity contribution in [2.24, 2.45) is 11.1 Å². The molecule has 0 radical (unpaired) electrons. The van der Waals surface area contributed by atoms with E-state index in [0.717, 1.165) is 37.1 Å². The van der Waals surface area contributed by atoms with Crippen LogP contribution >= 0.6 is 11.6 Å². The van der Waals surface area contributed by atoms with Gasteiger partial charge in [0, 0.05) is 18.1 Å². The predicted octanol–water partition coefficient (Wildman–Crippen LogP) is 2.91. The van der Waals surface area contributed by atoms with Crippen molar-refractivity contribution in [3.63, 3.8) is 0 Å². The molecule has 0 aliphatic heterocycles. The molecular weight excluding hydrogens is 272 g/mol. The number of nitrogens with two attached hydrogens (primary N) is 1. The maximum Gasteiger partial charge on any atom is 0.227 e. The third kappa shape index (κ3) is 3.74. The van der Waals surface area contributed by atoms with E-state index in [4.69, 9.17) is 17.3 Å². The van der Waals surface area contributed by atoms with Gasteiger partial charge in [-0.25, -0.2) is 0 Å². The highest BCUT2D eigenvalue weighted by atomic mass is 35.5. The molecule has 3 N–H and O–H groups in total. The number of hydrogen-bond donors (Lipinski definition) is 2. The second-order valence-electron chi connectivity index (χ2n) is 5.68. The van der Waals surface area contributed by atoms with Gasteiger partial charge < -0.3 is 11.1 Å². The van der Waals surface area contributed by atoms with Crippen molar-refractivity contribution in [1.29, 1.82) is 0 Å². The first-order chi connectivity index (χ1) is 9.66. The Morgan fingerprint density at radius 1 is 1.20 bits per heavy atom. The van der Waals surface area contributed by atoms with Crippen molar-refractivity contribution in [1.82, 2.24) is 5.32 Å². The SMILES string of the molecule is NCC1(C(=O)NCCc2ccc(Cl)cc2)CCCCC1. The van der Waals surface area contributed by atoms with Gasteiger partial charge in [0.15, 0.2) is 0 Å². The first kappa shape index (κ1) is 15.3. The van der Waals surface area contributed by atoms with Crippen LogP contribution in [0.4, 0.5) is 0 Å². The van der Waals surface area contributed by atoms with Crippen LogP contribution in [0.1, 0.15) is 37.7 Å². The average Bonchev–Trinajstić information content (AvgIpc) is 2.50. The van der Waals surface area contributed by atoms with E-state index in [1.165, 1.54) is 12.0 Å². The Hall–Kier alpha value is -1.06. The fourth-order valence-electron chi connectivity index (χ4n) is 2.91. The number of carbonyl (C=O) groups is 1. The van der Waals surface area contributed by atoms with Gasteiger partial charge in [0.25, 0.3) is 0 Å². The third-order valence-electron chi connectivity index (χ3n) is 4.30. The van der Waals surface area contributed by atoms with Crippen molar-refractivity contribution in [3.05, 3.63) is 34.9 Å². The zero-order chi connectivity index (χ0) is 14.4. The second kappa shape index (κ2) is 7.09. The highest BCUT2D eigenvalue weighted by Gasteiger charge is 2.37. The molecule has 1 aliphatic carbocycles. The van der Waals surface area contributed by atoms with Gasteiger partial charge in [0.05, 0.1) is 5.41 Å². The summed E-state index contributed by atoms with van der Waals surface area (Å²) in [4.78, 5) is 12.4. The molecule has 4 heteroatoms. The largest absolute Gasteiger partial charge is 0.355 e. The lowest BCUT2D eigenvalue weighted by Crippen LogP contribution is -2.47. The molecule has 0 atom stereocenters. The maximum atomic E-state index is 12.4. The van der Waals surface area contributed by atoms with Crippen LogP contribution in [0.5, 0.6) is 0 Å². The number of benzene rings is 1. The van der Waals surface area contributed by atoms with E-state index in [-0.39, 0.29) is 11.3 Å². The minimum atomic E-state index is -0.321. The molecule has 1 fully saturated rings. The lowest BCUT2D eigenvalue weighted by Gasteiger charge is -2.34. The summed E-state index contributed by atoms with van der Waals surface area (Å²) in [6.45, 7) is 1.11. The minimum absolute atomic E-state index is 0.133. The fourth-order valence-corrected chi connectivity index (χ4v) is 3.04. The molecule has 20 heavy (non-hydrogen) atoms. The maximum absolute atomic E-state index is 12.4. The van der Waals surface area contributed by atoms with Gasteiger partial charge in [-0.3, -0.25) is 4.79 Å². The molecule has 0 saturated heterocycles. The van der Waals surface area contributed by atoms with Crippen LogP contribution in [0, 0.1) is 5.41 Å². The van der Waals surface area contributed by atoms with Crippen molar-refractivity contribution in [2.75, 3.05) is 13.1 Å². The Kier molecular flexibility index (Phi) is 5.44. The molecule has 3 nitrogen and oxygen atoms in total. The fraction of sp³-hybridized carbons (Fsp3) is 0.562. The Bertz CT molecular complexity index is 438. The lowest BCUT2D eigenvalue weighted by atomic mass is 9.73. The Labute approximate surface area is 125 Å². The molecular formula is C16H23ClN2O. The van der Waals surface area contributed by atoms with E-state index in [9.17, 15) is 4.79 Å². The second-order valence-corrected chi connectivity index (χ2v) is 6.11. The van der Waals surface area contributed by atoms with Gasteiger partial charge in [-0.2, -0.15) is 0 Å². The molecule has 1 saturated carbocycles. The summed E-state index contributed by atoms with van der Waals surface area (Å²) in [6, 6.07) is 7.74. The van der Waals surface area contributed by atoms with E-state index in [2.05, 4.69) is 5.32 Å². The summed E-state index contributed by atoms with van der Waals surface area (Å²) in [7, 11) is 0. The lowest BCUT2D eigenvalue weighted by molar-refractivity contribution is -0.132. The summed E-state index contributed by atoms with van der Waals surface area (Å²) in [6.07, 6.45) is 6.12. The highest BCUT2D eigenvalue weighted by molar-refractivity contribution is 6.30. The Morgan fingerprint density at radius 2 is 1.85 bits per heavy atom. The molecule has 0 aromatic heterocycles. The van der Waals surface area contributed by atoms with Crippen molar-refractivity contribution in [3.8, 4) is 0 Å². The van der Waals surface area contributed by atoms with Gasteiger partial charge in [-0.1, -0.05) is 43.0 Å². The summed E-state index contributed by atoms with van der Waals surface area (Å²) in [5.74, 6) is 0.133. The zero-order valence-corrected chi connectivity index (χ0v) is 12.6. The van der Waals surface area contributed by atoms with Crippen LogP contribution in [0.25, 0.3) is 0 Å². The number of amides is 1. The monoisotopic (exact) mass is 294 g/mol. The van der Waals surface area contributed by atoms with Gasteiger partial charge in [0.1, 0.15) is 0 Å². The minimum Gasteiger partial charge on any atom is -0.355 e. The summed E-state index contributed by atoms with van der Waals surface area (Å²) >= 11 is 5.85. The standard InChI is InChI=1S/C16H23ClN2O/c17-14-6-4-13(5-7-14)8-11-19-15(20)16(12-18)9-2-1-3-10-16/h4-7H,1-3,8-12,18H2,(H,19,20). The van der Waals surface area contributed by atoms with Crippen LogP contribution in [0.2, 0.25) is 5.02 Å². The van der Waals surface area contributed by atoms with Crippen LogP contribution < -0.4 is 11.1 Å². The number of nitrogens with one attached hydrogen (secondary N) is 1. The topological polar surface area (TPSA) is 55.1 Å². The summed E-state index contributed by atoms with van der Waals surface area (Å²) in [5, 5.41) is 3.79. The number of hydrogen-bond acceptors (Lipinski definition) is 2. The van der Waals surface area contributed by atoms with Gasteiger partial charge in [-0.05, 0) is 37.0 Å². The number of halogens is 1. The van der Waals surface area contributed by atoms with Crippen LogP contribution in [0.3, 0.4) is 0 Å². The van der Waals surface area contributed by atoms with E-state index in [1.54, 1.807) is 0 Å². The van der Waals surface area contributed by atoms with Gasteiger partial charge in [-0.15, -0.1) is 0 Å². The average molecular weight is 295 g/mol. The van der Waals surface area contributed by atoms with Crippen molar-refractivity contribution >= 4 is 17.5 Å². The van der Waals surface area contributed by atoms with E-state index >= 15 is 0 Å². The van der Waals surface area contributed by atoms with Crippen molar-refractivity contribution in [2.45, 2.75) is 38.5 Å². The number of carbonyl (C=O) groups excluding carboxylic acids is 1. The van der Waals surface area contributed by atoms with E-state index < -0.39 is 0 Å². The Balaban J connectivity index is 1.83. The van der Waals surface area contributed by atoms with Gasteiger partial charge >= 0.3 is 0 Å². The molecule has 0 heterocycles. The molecule has 0 unspecified atom stereocenters. The first-order valence-electron chi connectivity index (χ1n) is 7.39. The summed E-state index contributed by atoms with van der Waals surface area (Å²) < 4.78 is 0. The highest BCUT2D eigenvalue weighted by Crippen LogP contribution is 2.35. The molecule has 1 aromatic rings. The molecule has 0 spiro atoms. The first-order valence-corrected chi connectivity index (χ1v) is 7.77. The predicted molar refractivity (Wildman–Crippen MR) is 82.7 cm³/mol. The molecule has 0 bridgehead atoms. The van der Waals surface area contributed by atoms with E-state index in [0.29, 0.717) is 13.1 Å². The van der Waals surface area contributed by atoms with Crippen LogP contribution in [-0.4, -0.2) is 19.0 Å². The molecule has 2 rings (SSSR count). The van der Waals surface area contributed by atoms with Crippen molar-refractivity contribution < 1.29 is 4.79 Å². The molecule has 1 aromatic carbocycles. The molecule has 1 aliphatic rings. The van der Waals surface area contributed by atoms with E-state index in [1.807, 2.05) is 24.3 Å². The summed E-state index contributed by atoms with van der Waals surface area (Å²) in [5.41, 5.74) is 6.72. The molecule has 110 valence electrons. The smallest absolute Gasteiger partial charge is 0.227 e. The Morgan fingerprint density at radius 3 is 2.45 bits per heavy atom. The number of rotatable bonds is 5.